The number of aliphatic hydroxyl groups excluding tert-OH is 1. The number of methoxy groups -OCH3 is 2. The number of unbranched alkanes of at least 4 members (excludes halogenated alkanes) is 1. The van der Waals surface area contributed by atoms with Crippen LogP contribution in [0, 0.1) is 0 Å². The van der Waals surface area contributed by atoms with E-state index >= 15 is 0 Å². The molecule has 3 aromatic rings. The number of hydrogen-bond donors (Lipinski definition) is 3. The Hall–Kier alpha value is -3.64. The number of anilines is 3. The van der Waals surface area contributed by atoms with E-state index in [-0.39, 0.29) is 23.3 Å². The van der Waals surface area contributed by atoms with E-state index in [0.717, 1.165) is 24.8 Å². The lowest BCUT2D eigenvalue weighted by molar-refractivity contribution is 0.284. The van der Waals surface area contributed by atoms with Crippen LogP contribution in [-0.4, -0.2) is 54.1 Å². The van der Waals surface area contributed by atoms with E-state index in [1.807, 2.05) is 12.2 Å². The fourth-order valence-corrected chi connectivity index (χ4v) is 4.89. The van der Waals surface area contributed by atoms with Crippen molar-refractivity contribution in [3.8, 4) is 11.5 Å². The van der Waals surface area contributed by atoms with Crippen molar-refractivity contribution in [3.05, 3.63) is 40.7 Å². The first-order chi connectivity index (χ1) is 17.3. The van der Waals surface area contributed by atoms with Crippen molar-refractivity contribution in [2.75, 3.05) is 30.9 Å². The summed E-state index contributed by atoms with van der Waals surface area (Å²) < 4.78 is 41.1. The van der Waals surface area contributed by atoms with Crippen molar-refractivity contribution < 1.29 is 23.0 Å². The van der Waals surface area contributed by atoms with Gasteiger partial charge < -0.3 is 19.9 Å². The van der Waals surface area contributed by atoms with Crippen LogP contribution in [0.1, 0.15) is 31.2 Å². The molecule has 36 heavy (non-hydrogen) atoms. The van der Waals surface area contributed by atoms with Crippen LogP contribution in [0.15, 0.2) is 29.4 Å². The molecule has 4 rings (SSSR count). The summed E-state index contributed by atoms with van der Waals surface area (Å²) in [5.74, 6) is 1.45. The molecule has 1 aliphatic rings. The second-order valence-corrected chi connectivity index (χ2v) is 9.90. The van der Waals surface area contributed by atoms with Crippen LogP contribution in [0.4, 0.5) is 17.3 Å². The SMILES string of the molecule is COc1cc(Nc2nc3c(nc2NS(=O)(=O)c2ccn(C)n2)=CCCC=3)c(CCCCO)c(OC)c1. The summed E-state index contributed by atoms with van der Waals surface area (Å²) in [6, 6.07) is 4.99. The molecule has 0 fully saturated rings. The third-order valence-electron chi connectivity index (χ3n) is 5.71. The van der Waals surface area contributed by atoms with Gasteiger partial charge in [0.1, 0.15) is 11.5 Å². The molecule has 11 nitrogen and oxygen atoms in total. The van der Waals surface area contributed by atoms with Gasteiger partial charge in [0.15, 0.2) is 16.7 Å². The lowest BCUT2D eigenvalue weighted by atomic mass is 10.0. The van der Waals surface area contributed by atoms with Crippen molar-refractivity contribution >= 4 is 39.5 Å². The second-order valence-electron chi connectivity index (χ2n) is 8.27. The van der Waals surface area contributed by atoms with Gasteiger partial charge in [-0.05, 0) is 38.2 Å². The molecule has 0 saturated carbocycles. The molecule has 1 aromatic carbocycles. The molecule has 0 amide bonds. The third kappa shape index (κ3) is 5.60. The molecular weight excluding hydrogens is 484 g/mol. The Morgan fingerprint density at radius 2 is 1.78 bits per heavy atom. The van der Waals surface area contributed by atoms with Gasteiger partial charge in [-0.3, -0.25) is 9.40 Å². The average Bonchev–Trinajstić information content (AvgIpc) is 3.32. The molecule has 12 heteroatoms. The molecule has 3 N–H and O–H groups in total. The summed E-state index contributed by atoms with van der Waals surface area (Å²) >= 11 is 0. The molecule has 192 valence electrons. The van der Waals surface area contributed by atoms with Gasteiger partial charge in [0.2, 0.25) is 0 Å². The Morgan fingerprint density at radius 1 is 1.06 bits per heavy atom. The van der Waals surface area contributed by atoms with Crippen LogP contribution in [-0.2, 0) is 23.5 Å². The largest absolute Gasteiger partial charge is 0.497 e. The number of aryl methyl sites for hydroxylation is 1. The average molecular weight is 515 g/mol. The maximum absolute atomic E-state index is 13.1. The van der Waals surface area contributed by atoms with Gasteiger partial charge in [0.05, 0.1) is 30.6 Å². The van der Waals surface area contributed by atoms with Crippen LogP contribution in [0.2, 0.25) is 0 Å². The number of ether oxygens (including phenoxy) is 2. The van der Waals surface area contributed by atoms with Crippen LogP contribution >= 0.6 is 0 Å². The molecular formula is C24H30N6O5S. The maximum atomic E-state index is 13.1. The Labute approximate surface area is 209 Å². The monoisotopic (exact) mass is 514 g/mol. The first kappa shape index (κ1) is 25.5. The Bertz CT molecular complexity index is 1470. The molecule has 0 unspecified atom stereocenters. The number of nitrogens with zero attached hydrogens (tertiary/aromatic N) is 4. The summed E-state index contributed by atoms with van der Waals surface area (Å²) in [7, 11) is 0.759. The topological polar surface area (TPSA) is 140 Å². The number of nitrogens with one attached hydrogen (secondary N) is 2. The number of sulfonamides is 1. The second kappa shape index (κ2) is 11.0. The number of aliphatic hydroxyl groups is 1. The van der Waals surface area contributed by atoms with Crippen LogP contribution in [0.5, 0.6) is 11.5 Å². The van der Waals surface area contributed by atoms with Gasteiger partial charge in [-0.25, -0.2) is 9.97 Å². The minimum Gasteiger partial charge on any atom is -0.497 e. The smallest absolute Gasteiger partial charge is 0.282 e. The number of rotatable bonds is 11. The number of benzene rings is 1. The molecule has 0 bridgehead atoms. The third-order valence-corrected chi connectivity index (χ3v) is 6.95. The first-order valence-electron chi connectivity index (χ1n) is 11.6. The zero-order valence-corrected chi connectivity index (χ0v) is 21.3. The lowest BCUT2D eigenvalue weighted by Gasteiger charge is -2.19. The maximum Gasteiger partial charge on any atom is 0.282 e. The lowest BCUT2D eigenvalue weighted by Crippen LogP contribution is -2.35. The molecule has 0 radical (unpaired) electrons. The van der Waals surface area contributed by atoms with Gasteiger partial charge in [-0.1, -0.05) is 12.2 Å². The van der Waals surface area contributed by atoms with E-state index < -0.39 is 10.0 Å². The highest BCUT2D eigenvalue weighted by Gasteiger charge is 2.22. The first-order valence-corrected chi connectivity index (χ1v) is 13.1. The Balaban J connectivity index is 1.81. The van der Waals surface area contributed by atoms with E-state index in [9.17, 15) is 13.5 Å². The molecule has 2 heterocycles. The van der Waals surface area contributed by atoms with E-state index in [4.69, 9.17) is 14.5 Å². The van der Waals surface area contributed by atoms with Crippen molar-refractivity contribution in [2.24, 2.45) is 7.05 Å². The van der Waals surface area contributed by atoms with Crippen LogP contribution < -0.4 is 30.2 Å². The normalized spacial score (nSPS) is 12.8. The molecule has 2 aromatic heterocycles. The summed E-state index contributed by atoms with van der Waals surface area (Å²) in [5.41, 5.74) is 1.48. The van der Waals surface area contributed by atoms with E-state index in [2.05, 4.69) is 20.1 Å². The van der Waals surface area contributed by atoms with Crippen molar-refractivity contribution in [1.29, 1.82) is 0 Å². The summed E-state index contributed by atoms with van der Waals surface area (Å²) in [5, 5.41) is 17.7. The predicted molar refractivity (Wildman–Crippen MR) is 136 cm³/mol. The number of fused-ring (bicyclic) bond motifs is 1. The highest BCUT2D eigenvalue weighted by molar-refractivity contribution is 7.92. The molecule has 0 aliphatic heterocycles. The van der Waals surface area contributed by atoms with Gasteiger partial charge in [-0.15, -0.1) is 0 Å². The minimum atomic E-state index is -4.01. The van der Waals surface area contributed by atoms with Gasteiger partial charge in [-0.2, -0.15) is 13.5 Å². The van der Waals surface area contributed by atoms with Crippen LogP contribution in [0.3, 0.4) is 0 Å². The Kier molecular flexibility index (Phi) is 7.75. The van der Waals surface area contributed by atoms with Crippen LogP contribution in [0.25, 0.3) is 12.2 Å². The van der Waals surface area contributed by atoms with Gasteiger partial charge >= 0.3 is 0 Å². The quantitative estimate of drug-likeness (QED) is 0.324. The summed E-state index contributed by atoms with van der Waals surface area (Å²) in [4.78, 5) is 9.29. The zero-order chi connectivity index (χ0) is 25.7. The molecule has 0 atom stereocenters. The van der Waals surface area contributed by atoms with E-state index in [1.165, 1.54) is 10.7 Å². The van der Waals surface area contributed by atoms with E-state index in [1.54, 1.807) is 39.6 Å². The summed E-state index contributed by atoms with van der Waals surface area (Å²) in [6.07, 6.45) is 9.04. The van der Waals surface area contributed by atoms with Crippen molar-refractivity contribution in [3.63, 3.8) is 0 Å². The minimum absolute atomic E-state index is 0.0500. The number of aromatic nitrogens is 4. The molecule has 0 saturated heterocycles. The van der Waals surface area contributed by atoms with Gasteiger partial charge in [0.25, 0.3) is 10.0 Å². The molecule has 1 aliphatic carbocycles. The van der Waals surface area contributed by atoms with E-state index in [0.29, 0.717) is 40.7 Å². The fourth-order valence-electron chi connectivity index (χ4n) is 3.91. The standard InChI is InChI=1S/C24H30N6O5S/c1-30-12-11-22(28-30)36(32,33)29-24-23(25-18-9-4-5-10-19(18)26-24)27-20-14-16(34-2)15-21(35-3)17(20)8-6-7-13-31/h9-12,14-15,31H,4-8,13H2,1-3H3,(H,25,27)(H,26,29). The number of hydrogen-bond acceptors (Lipinski definition) is 9. The van der Waals surface area contributed by atoms with Gasteiger partial charge in [0, 0.05) is 37.5 Å². The highest BCUT2D eigenvalue weighted by atomic mass is 32.2. The van der Waals surface area contributed by atoms with Crippen molar-refractivity contribution in [1.82, 2.24) is 19.7 Å². The predicted octanol–water partition coefficient (Wildman–Crippen LogP) is 1.44. The summed E-state index contributed by atoms with van der Waals surface area (Å²) in [6.45, 7) is 0.0866. The Morgan fingerprint density at radius 3 is 2.39 bits per heavy atom. The fraction of sp³-hybridized carbons (Fsp3) is 0.375. The zero-order valence-electron chi connectivity index (χ0n) is 20.5. The van der Waals surface area contributed by atoms with Crippen molar-refractivity contribution in [2.45, 2.75) is 37.1 Å². The molecule has 0 spiro atoms. The highest BCUT2D eigenvalue weighted by Crippen LogP contribution is 2.36.